The number of carboxylic acid groups (broad SMARTS) is 1. The number of rotatable bonds is 4. The molecule has 1 fully saturated rings. The molecule has 1 saturated heterocycles. The number of nitro groups is 1. The summed E-state index contributed by atoms with van der Waals surface area (Å²) in [5.41, 5.74) is 0.303. The fourth-order valence-electron chi connectivity index (χ4n) is 2.41. The normalized spacial score (nSPS) is 15.9. The second-order valence-electron chi connectivity index (χ2n) is 5.09. The van der Waals surface area contributed by atoms with Crippen molar-refractivity contribution in [2.24, 2.45) is 5.92 Å². The number of hydrogen-bond acceptors (Lipinski definition) is 4. The first-order chi connectivity index (χ1) is 10.5. The second kappa shape index (κ2) is 6.84. The molecule has 1 aliphatic rings. The lowest BCUT2D eigenvalue weighted by Gasteiger charge is -2.29. The molecule has 1 N–H and O–H groups in total. The number of carbonyl (C=O) groups excluding carboxylic acids is 1. The van der Waals surface area contributed by atoms with E-state index in [1.807, 2.05) is 0 Å². The summed E-state index contributed by atoms with van der Waals surface area (Å²) in [7, 11) is 0. The summed E-state index contributed by atoms with van der Waals surface area (Å²) in [5.74, 6) is -1.49. The van der Waals surface area contributed by atoms with Crippen LogP contribution >= 0.6 is 0 Å². The van der Waals surface area contributed by atoms with Crippen LogP contribution in [0.4, 0.5) is 5.69 Å². The highest BCUT2D eigenvalue weighted by Crippen LogP contribution is 2.20. The largest absolute Gasteiger partial charge is 0.481 e. The van der Waals surface area contributed by atoms with Gasteiger partial charge < -0.3 is 10.0 Å². The zero-order valence-electron chi connectivity index (χ0n) is 11.8. The van der Waals surface area contributed by atoms with Crippen LogP contribution in [0.3, 0.4) is 0 Å². The number of aliphatic carboxylic acids is 1. The molecule has 1 heterocycles. The van der Waals surface area contributed by atoms with Crippen molar-refractivity contribution in [3.8, 4) is 0 Å². The maximum atomic E-state index is 12.1. The summed E-state index contributed by atoms with van der Waals surface area (Å²) >= 11 is 0. The minimum atomic E-state index is -0.831. The van der Waals surface area contributed by atoms with Crippen LogP contribution in [0.15, 0.2) is 30.3 Å². The van der Waals surface area contributed by atoms with E-state index in [0.29, 0.717) is 31.5 Å². The SMILES string of the molecule is O=C(O)C1CCN(C(=O)/C=C/c2ccccc2[N+](=O)[O-])CC1. The smallest absolute Gasteiger partial charge is 0.306 e. The Morgan fingerprint density at radius 2 is 1.91 bits per heavy atom. The van der Waals surface area contributed by atoms with Crippen LogP contribution in [0.25, 0.3) is 6.08 Å². The van der Waals surface area contributed by atoms with Gasteiger partial charge in [-0.2, -0.15) is 0 Å². The fourth-order valence-corrected chi connectivity index (χ4v) is 2.41. The predicted octanol–water partition coefficient (Wildman–Crippen LogP) is 1.93. The highest BCUT2D eigenvalue weighted by molar-refractivity contribution is 5.92. The molecule has 0 atom stereocenters. The number of benzene rings is 1. The van der Waals surface area contributed by atoms with Crippen LogP contribution in [-0.2, 0) is 9.59 Å². The Morgan fingerprint density at radius 3 is 2.50 bits per heavy atom. The van der Waals surface area contributed by atoms with E-state index in [4.69, 9.17) is 5.11 Å². The predicted molar refractivity (Wildman–Crippen MR) is 79.1 cm³/mol. The van der Waals surface area contributed by atoms with Crippen molar-refractivity contribution in [3.05, 3.63) is 46.0 Å². The minimum Gasteiger partial charge on any atom is -0.481 e. The number of piperidine rings is 1. The lowest BCUT2D eigenvalue weighted by molar-refractivity contribution is -0.385. The van der Waals surface area contributed by atoms with E-state index >= 15 is 0 Å². The monoisotopic (exact) mass is 304 g/mol. The van der Waals surface area contributed by atoms with Crippen LogP contribution in [-0.4, -0.2) is 39.9 Å². The van der Waals surface area contributed by atoms with E-state index in [1.54, 1.807) is 23.1 Å². The third kappa shape index (κ3) is 3.69. The maximum Gasteiger partial charge on any atom is 0.306 e. The van der Waals surface area contributed by atoms with E-state index in [0.717, 1.165) is 0 Å². The third-order valence-corrected chi connectivity index (χ3v) is 3.69. The van der Waals surface area contributed by atoms with Gasteiger partial charge in [-0.1, -0.05) is 12.1 Å². The van der Waals surface area contributed by atoms with E-state index in [2.05, 4.69) is 0 Å². The Morgan fingerprint density at radius 1 is 1.27 bits per heavy atom. The van der Waals surface area contributed by atoms with Crippen LogP contribution in [0.1, 0.15) is 18.4 Å². The highest BCUT2D eigenvalue weighted by atomic mass is 16.6. The Labute approximate surface area is 127 Å². The molecule has 1 amide bonds. The van der Waals surface area contributed by atoms with Crippen LogP contribution in [0.5, 0.6) is 0 Å². The van der Waals surface area contributed by atoms with Gasteiger partial charge in [0.25, 0.3) is 5.69 Å². The minimum absolute atomic E-state index is 0.0591. The molecule has 0 aromatic heterocycles. The quantitative estimate of drug-likeness (QED) is 0.520. The van der Waals surface area contributed by atoms with Gasteiger partial charge in [0.1, 0.15) is 0 Å². The van der Waals surface area contributed by atoms with Crippen molar-refractivity contribution in [2.45, 2.75) is 12.8 Å². The van der Waals surface area contributed by atoms with Gasteiger partial charge in [0.15, 0.2) is 0 Å². The van der Waals surface area contributed by atoms with Crippen LogP contribution < -0.4 is 0 Å². The van der Waals surface area contributed by atoms with Crippen LogP contribution in [0.2, 0.25) is 0 Å². The van der Waals surface area contributed by atoms with Gasteiger partial charge in [-0.05, 0) is 25.0 Å². The number of amides is 1. The van der Waals surface area contributed by atoms with Gasteiger partial charge in [-0.25, -0.2) is 0 Å². The number of carbonyl (C=O) groups is 2. The van der Waals surface area contributed by atoms with Crippen molar-refractivity contribution in [3.63, 3.8) is 0 Å². The summed E-state index contributed by atoms with van der Waals surface area (Å²) < 4.78 is 0. The molecule has 0 spiro atoms. The van der Waals surface area contributed by atoms with Crippen molar-refractivity contribution < 1.29 is 19.6 Å². The van der Waals surface area contributed by atoms with Crippen molar-refractivity contribution >= 4 is 23.6 Å². The van der Waals surface area contributed by atoms with Crippen molar-refractivity contribution in [2.75, 3.05) is 13.1 Å². The number of hydrogen-bond donors (Lipinski definition) is 1. The van der Waals surface area contributed by atoms with E-state index in [-0.39, 0.29) is 11.6 Å². The zero-order chi connectivity index (χ0) is 16.1. The molecule has 0 unspecified atom stereocenters. The average molecular weight is 304 g/mol. The molecule has 116 valence electrons. The Balaban J connectivity index is 2.01. The standard InChI is InChI=1S/C15H16N2O5/c18-14(16-9-7-12(8-10-16)15(19)20)6-5-11-3-1-2-4-13(11)17(21)22/h1-6,12H,7-10H2,(H,19,20)/b6-5+. The lowest BCUT2D eigenvalue weighted by atomic mass is 9.97. The summed E-state index contributed by atoms with van der Waals surface area (Å²) in [5, 5.41) is 19.8. The Kier molecular flexibility index (Phi) is 4.88. The number of likely N-dealkylation sites (tertiary alicyclic amines) is 1. The second-order valence-corrected chi connectivity index (χ2v) is 5.09. The van der Waals surface area contributed by atoms with Crippen LogP contribution in [0, 0.1) is 16.0 Å². The van der Waals surface area contributed by atoms with E-state index in [9.17, 15) is 19.7 Å². The molecule has 0 bridgehead atoms. The first-order valence-corrected chi connectivity index (χ1v) is 6.92. The van der Waals surface area contributed by atoms with Crippen molar-refractivity contribution in [1.29, 1.82) is 0 Å². The Hall–Kier alpha value is -2.70. The molecular formula is C15H16N2O5. The molecule has 7 heteroatoms. The zero-order valence-corrected chi connectivity index (χ0v) is 11.8. The topological polar surface area (TPSA) is 101 Å². The molecule has 0 aliphatic carbocycles. The first-order valence-electron chi connectivity index (χ1n) is 6.92. The Bertz CT molecular complexity index is 618. The third-order valence-electron chi connectivity index (χ3n) is 3.69. The molecule has 2 rings (SSSR count). The number of carboxylic acids is 1. The highest BCUT2D eigenvalue weighted by Gasteiger charge is 2.26. The summed E-state index contributed by atoms with van der Waals surface area (Å²) in [6.45, 7) is 0.772. The van der Waals surface area contributed by atoms with Gasteiger partial charge in [0, 0.05) is 25.2 Å². The first kappa shape index (κ1) is 15.7. The fraction of sp³-hybridized carbons (Fsp3) is 0.333. The van der Waals surface area contributed by atoms with E-state index < -0.39 is 16.8 Å². The number of nitrogens with zero attached hydrogens (tertiary/aromatic N) is 2. The number of nitro benzene ring substituents is 1. The summed E-state index contributed by atoms with van der Waals surface area (Å²) in [6.07, 6.45) is 3.58. The maximum absolute atomic E-state index is 12.1. The lowest BCUT2D eigenvalue weighted by Crippen LogP contribution is -2.39. The summed E-state index contributed by atoms with van der Waals surface area (Å²) in [4.78, 5) is 34.9. The van der Waals surface area contributed by atoms with Gasteiger partial charge in [-0.3, -0.25) is 19.7 Å². The van der Waals surface area contributed by atoms with Gasteiger partial charge >= 0.3 is 5.97 Å². The summed E-state index contributed by atoms with van der Waals surface area (Å²) in [6, 6.07) is 6.17. The molecule has 1 aromatic carbocycles. The molecule has 0 radical (unpaired) electrons. The molecule has 1 aromatic rings. The average Bonchev–Trinajstić information content (AvgIpc) is 2.52. The molecule has 7 nitrogen and oxygen atoms in total. The molecule has 0 saturated carbocycles. The molecule has 1 aliphatic heterocycles. The van der Waals surface area contributed by atoms with Crippen molar-refractivity contribution in [1.82, 2.24) is 4.90 Å². The molecule has 22 heavy (non-hydrogen) atoms. The van der Waals surface area contributed by atoms with Gasteiger partial charge in [0.05, 0.1) is 16.4 Å². The van der Waals surface area contributed by atoms with Gasteiger partial charge in [-0.15, -0.1) is 0 Å². The van der Waals surface area contributed by atoms with Gasteiger partial charge in [0.2, 0.25) is 5.91 Å². The number of para-hydroxylation sites is 1. The molecular weight excluding hydrogens is 288 g/mol. The van der Waals surface area contributed by atoms with E-state index in [1.165, 1.54) is 18.2 Å².